The van der Waals surface area contributed by atoms with Crippen LogP contribution < -0.4 is 10.9 Å². The van der Waals surface area contributed by atoms with E-state index in [0.717, 1.165) is 11.1 Å². The molecule has 0 saturated carbocycles. The minimum atomic E-state index is -0.372. The SMILES string of the molecule is CC(C)c1ccc(-c2noc(CCC(=O)NNC(=O)c3ccc(C(C)(C)C)cc3)n2)cc1. The maximum Gasteiger partial charge on any atom is 0.269 e. The van der Waals surface area contributed by atoms with Crippen LogP contribution in [0.1, 0.15) is 74.3 Å². The molecule has 2 N–H and O–H groups in total. The summed E-state index contributed by atoms with van der Waals surface area (Å²) in [5.74, 6) is 0.594. The molecule has 0 radical (unpaired) electrons. The minimum Gasteiger partial charge on any atom is -0.339 e. The third-order valence-corrected chi connectivity index (χ3v) is 5.20. The van der Waals surface area contributed by atoms with E-state index in [1.165, 1.54) is 5.56 Å². The summed E-state index contributed by atoms with van der Waals surface area (Å²) < 4.78 is 5.25. The number of nitrogens with zero attached hydrogens (tertiary/aromatic N) is 2. The molecule has 7 nitrogen and oxygen atoms in total. The van der Waals surface area contributed by atoms with Gasteiger partial charge in [-0.3, -0.25) is 20.4 Å². The van der Waals surface area contributed by atoms with E-state index in [9.17, 15) is 9.59 Å². The molecule has 1 heterocycles. The van der Waals surface area contributed by atoms with Gasteiger partial charge in [0, 0.05) is 24.0 Å². The van der Waals surface area contributed by atoms with Crippen molar-refractivity contribution in [3.63, 3.8) is 0 Å². The number of aromatic nitrogens is 2. The van der Waals surface area contributed by atoms with Gasteiger partial charge in [-0.25, -0.2) is 0 Å². The van der Waals surface area contributed by atoms with E-state index in [1.807, 2.05) is 36.4 Å². The number of rotatable bonds is 6. The molecular weight excluding hydrogens is 404 g/mol. The van der Waals surface area contributed by atoms with Crippen molar-refractivity contribution in [2.45, 2.75) is 58.8 Å². The van der Waals surface area contributed by atoms with Crippen LogP contribution in [-0.2, 0) is 16.6 Å². The molecule has 3 rings (SSSR count). The Morgan fingerprint density at radius 1 is 0.969 bits per heavy atom. The molecule has 0 unspecified atom stereocenters. The van der Waals surface area contributed by atoms with Gasteiger partial charge in [-0.05, 0) is 34.6 Å². The number of carbonyl (C=O) groups excluding carboxylic acids is 2. The fourth-order valence-electron chi connectivity index (χ4n) is 3.09. The first-order valence-electron chi connectivity index (χ1n) is 10.8. The summed E-state index contributed by atoms with van der Waals surface area (Å²) in [6.07, 6.45) is 0.385. The van der Waals surface area contributed by atoms with Crippen molar-refractivity contribution in [2.75, 3.05) is 0 Å². The molecule has 3 aromatic rings. The molecule has 1 aromatic heterocycles. The number of benzene rings is 2. The second kappa shape index (κ2) is 9.77. The fraction of sp³-hybridized carbons (Fsp3) is 0.360. The van der Waals surface area contributed by atoms with Crippen molar-refractivity contribution in [1.29, 1.82) is 0 Å². The smallest absolute Gasteiger partial charge is 0.269 e. The van der Waals surface area contributed by atoms with Crippen molar-refractivity contribution in [2.24, 2.45) is 0 Å². The first kappa shape index (κ1) is 23.2. The highest BCUT2D eigenvalue weighted by Gasteiger charge is 2.15. The lowest BCUT2D eigenvalue weighted by molar-refractivity contribution is -0.121. The zero-order valence-electron chi connectivity index (χ0n) is 19.2. The van der Waals surface area contributed by atoms with Crippen LogP contribution in [0.4, 0.5) is 0 Å². The van der Waals surface area contributed by atoms with Gasteiger partial charge in [0.05, 0.1) is 0 Å². The predicted octanol–water partition coefficient (Wildman–Crippen LogP) is 4.55. The van der Waals surface area contributed by atoms with Crippen LogP contribution in [0.3, 0.4) is 0 Å². The van der Waals surface area contributed by atoms with Crippen molar-refractivity contribution in [3.8, 4) is 11.4 Å². The van der Waals surface area contributed by atoms with Crippen LogP contribution in [0, 0.1) is 0 Å². The third-order valence-electron chi connectivity index (χ3n) is 5.20. The zero-order valence-corrected chi connectivity index (χ0v) is 19.2. The van der Waals surface area contributed by atoms with Crippen LogP contribution >= 0.6 is 0 Å². The van der Waals surface area contributed by atoms with Gasteiger partial charge in [-0.15, -0.1) is 0 Å². The Hall–Kier alpha value is -3.48. The van der Waals surface area contributed by atoms with Gasteiger partial charge >= 0.3 is 0 Å². The van der Waals surface area contributed by atoms with E-state index < -0.39 is 0 Å². The second-order valence-electron chi connectivity index (χ2n) is 9.12. The highest BCUT2D eigenvalue weighted by Crippen LogP contribution is 2.22. The third kappa shape index (κ3) is 6.03. The van der Waals surface area contributed by atoms with Crippen molar-refractivity contribution >= 4 is 11.8 Å². The van der Waals surface area contributed by atoms with E-state index in [1.54, 1.807) is 12.1 Å². The minimum absolute atomic E-state index is 0.00929. The van der Waals surface area contributed by atoms with Crippen LogP contribution in [0.2, 0.25) is 0 Å². The molecule has 2 amide bonds. The maximum absolute atomic E-state index is 12.2. The molecule has 168 valence electrons. The van der Waals surface area contributed by atoms with Gasteiger partial charge in [0.2, 0.25) is 17.6 Å². The summed E-state index contributed by atoms with van der Waals surface area (Å²) in [7, 11) is 0. The van der Waals surface area contributed by atoms with Gasteiger partial charge in [-0.2, -0.15) is 4.98 Å². The Labute approximate surface area is 188 Å². The summed E-state index contributed by atoms with van der Waals surface area (Å²) in [6, 6.07) is 15.3. The van der Waals surface area contributed by atoms with E-state index in [0.29, 0.717) is 23.2 Å². The Morgan fingerprint density at radius 2 is 1.62 bits per heavy atom. The van der Waals surface area contributed by atoms with Gasteiger partial charge in [-0.1, -0.05) is 76.2 Å². The van der Waals surface area contributed by atoms with E-state index in [4.69, 9.17) is 4.52 Å². The second-order valence-corrected chi connectivity index (χ2v) is 9.12. The van der Waals surface area contributed by atoms with Crippen LogP contribution in [0.25, 0.3) is 11.4 Å². The summed E-state index contributed by atoms with van der Waals surface area (Å²) in [4.78, 5) is 28.7. The quantitative estimate of drug-likeness (QED) is 0.555. The monoisotopic (exact) mass is 434 g/mol. The number of aryl methyl sites for hydroxylation is 1. The standard InChI is InChI=1S/C25H30N4O3/c1-16(2)17-6-8-18(9-7-17)23-26-22(32-29-23)15-14-21(30)27-28-24(31)19-10-12-20(13-11-19)25(3,4)5/h6-13,16H,14-15H2,1-5H3,(H,27,30)(H,28,31). The van der Waals surface area contributed by atoms with E-state index in [-0.39, 0.29) is 30.1 Å². The molecule has 0 fully saturated rings. The maximum atomic E-state index is 12.2. The highest BCUT2D eigenvalue weighted by molar-refractivity contribution is 5.95. The lowest BCUT2D eigenvalue weighted by atomic mass is 9.87. The van der Waals surface area contributed by atoms with Crippen molar-refractivity contribution in [1.82, 2.24) is 21.0 Å². The Morgan fingerprint density at radius 3 is 2.22 bits per heavy atom. The highest BCUT2D eigenvalue weighted by atomic mass is 16.5. The van der Waals surface area contributed by atoms with E-state index >= 15 is 0 Å². The Kier molecular flexibility index (Phi) is 7.08. The average molecular weight is 435 g/mol. The molecule has 0 atom stereocenters. The molecule has 7 heteroatoms. The molecular formula is C25H30N4O3. The lowest BCUT2D eigenvalue weighted by Gasteiger charge is -2.19. The zero-order chi connectivity index (χ0) is 23.3. The van der Waals surface area contributed by atoms with E-state index in [2.05, 4.69) is 55.6 Å². The number of hydrogen-bond donors (Lipinski definition) is 2. The Bertz CT molecular complexity index is 1060. The topological polar surface area (TPSA) is 97.1 Å². The lowest BCUT2D eigenvalue weighted by Crippen LogP contribution is -2.41. The van der Waals surface area contributed by atoms with Gasteiger partial charge in [0.15, 0.2) is 0 Å². The molecule has 2 aromatic carbocycles. The number of hydrogen-bond acceptors (Lipinski definition) is 5. The van der Waals surface area contributed by atoms with Crippen molar-refractivity contribution in [3.05, 3.63) is 71.1 Å². The molecule has 0 aliphatic rings. The molecule has 32 heavy (non-hydrogen) atoms. The Balaban J connectivity index is 1.47. The number of hydrazine groups is 1. The van der Waals surface area contributed by atoms with Gasteiger partial charge in [0.1, 0.15) is 0 Å². The summed E-state index contributed by atoms with van der Waals surface area (Å²) in [5.41, 5.74) is 8.57. The first-order chi connectivity index (χ1) is 15.1. The summed E-state index contributed by atoms with van der Waals surface area (Å²) in [6.45, 7) is 10.6. The summed E-state index contributed by atoms with van der Waals surface area (Å²) in [5, 5.41) is 3.99. The van der Waals surface area contributed by atoms with Crippen LogP contribution in [0.5, 0.6) is 0 Å². The van der Waals surface area contributed by atoms with Crippen LogP contribution in [-0.4, -0.2) is 22.0 Å². The number of amides is 2. The molecule has 0 saturated heterocycles. The molecule has 0 aliphatic carbocycles. The molecule has 0 spiro atoms. The predicted molar refractivity (Wildman–Crippen MR) is 123 cm³/mol. The van der Waals surface area contributed by atoms with Gasteiger partial charge < -0.3 is 4.52 Å². The molecule has 0 aliphatic heterocycles. The van der Waals surface area contributed by atoms with Crippen molar-refractivity contribution < 1.29 is 14.1 Å². The largest absolute Gasteiger partial charge is 0.339 e. The normalized spacial score (nSPS) is 11.4. The fourth-order valence-corrected chi connectivity index (χ4v) is 3.09. The number of carbonyl (C=O) groups is 2. The van der Waals surface area contributed by atoms with Gasteiger partial charge in [0.25, 0.3) is 5.91 Å². The first-order valence-corrected chi connectivity index (χ1v) is 10.8. The van der Waals surface area contributed by atoms with Crippen LogP contribution in [0.15, 0.2) is 53.1 Å². The average Bonchev–Trinajstić information content (AvgIpc) is 3.24. The molecule has 0 bridgehead atoms. The number of nitrogens with one attached hydrogen (secondary N) is 2. The summed E-state index contributed by atoms with van der Waals surface area (Å²) >= 11 is 0.